The first-order valence-electron chi connectivity index (χ1n) is 6.20. The van der Waals surface area contributed by atoms with Gasteiger partial charge in [0.25, 0.3) is 21.5 Å². The van der Waals surface area contributed by atoms with Gasteiger partial charge in [-0.1, -0.05) is 12.2 Å². The third-order valence-corrected chi connectivity index (χ3v) is 3.74. The van der Waals surface area contributed by atoms with Crippen molar-refractivity contribution in [1.29, 1.82) is 0 Å². The van der Waals surface area contributed by atoms with Gasteiger partial charge in [0.1, 0.15) is 6.10 Å². The number of ether oxygens (including phenoxy) is 1. The van der Waals surface area contributed by atoms with E-state index in [9.17, 15) is 8.28 Å². The predicted octanol–water partition coefficient (Wildman–Crippen LogP) is 3.55. The molecule has 0 aliphatic rings. The standard InChI is InChI=1S/C13H19IN3O3/c1-5-7-8-12(20-10(3)6-2)13-11(17(19)14-18)9-15-16(13)4/h5-6,9-10,12H,1-2,7-8H2,3-4H3/q-1/t10?,12-/m0/s1. The summed E-state index contributed by atoms with van der Waals surface area (Å²) in [5.41, 5.74) is 0.937. The summed E-state index contributed by atoms with van der Waals surface area (Å²) < 4.78 is 18.9. The molecule has 0 aliphatic heterocycles. The average molecular weight is 392 g/mol. The van der Waals surface area contributed by atoms with E-state index < -0.39 is 21.5 Å². The van der Waals surface area contributed by atoms with Gasteiger partial charge in [0.05, 0.1) is 23.7 Å². The molecule has 6 nitrogen and oxygen atoms in total. The summed E-state index contributed by atoms with van der Waals surface area (Å²) in [5, 5.41) is 15.8. The molecule has 20 heavy (non-hydrogen) atoms. The topological polar surface area (TPSA) is 70.4 Å². The quantitative estimate of drug-likeness (QED) is 0.278. The lowest BCUT2D eigenvalue weighted by Crippen LogP contribution is -2.17. The van der Waals surface area contributed by atoms with Crippen LogP contribution in [0.3, 0.4) is 0 Å². The number of hydrogen-bond donors (Lipinski definition) is 0. The number of aryl methyl sites for hydroxylation is 1. The first-order chi connectivity index (χ1) is 9.54. The predicted molar refractivity (Wildman–Crippen MR) is 86.7 cm³/mol. The van der Waals surface area contributed by atoms with E-state index in [4.69, 9.17) is 4.74 Å². The molecule has 0 N–H and O–H groups in total. The van der Waals surface area contributed by atoms with E-state index in [1.54, 1.807) is 23.9 Å². The van der Waals surface area contributed by atoms with Gasteiger partial charge in [0, 0.05) is 7.05 Å². The Labute approximate surface area is 129 Å². The number of anilines is 1. The molecule has 2 atom stereocenters. The fourth-order valence-corrected chi connectivity index (χ4v) is 2.42. The van der Waals surface area contributed by atoms with Crippen LogP contribution in [-0.4, -0.2) is 15.9 Å². The molecule has 1 aromatic rings. The molecule has 0 spiro atoms. The summed E-state index contributed by atoms with van der Waals surface area (Å²) in [7, 11) is 1.73. The Morgan fingerprint density at radius 2 is 2.35 bits per heavy atom. The molecule has 1 rings (SSSR count). The minimum absolute atomic E-state index is 0.158. The van der Waals surface area contributed by atoms with E-state index in [-0.39, 0.29) is 12.2 Å². The normalized spacial score (nSPS) is 13.8. The molecule has 112 valence electrons. The Balaban J connectivity index is 3.10. The highest BCUT2D eigenvalue weighted by molar-refractivity contribution is 14.1. The maximum absolute atomic E-state index is 11.7. The Hall–Kier alpha value is -1.06. The van der Waals surface area contributed by atoms with Gasteiger partial charge in [0.15, 0.2) is 0 Å². The summed E-state index contributed by atoms with van der Waals surface area (Å²) in [6, 6.07) is 0. The molecule has 0 saturated heterocycles. The Morgan fingerprint density at radius 3 is 2.90 bits per heavy atom. The summed E-state index contributed by atoms with van der Waals surface area (Å²) in [6.07, 6.45) is 5.82. The SMILES string of the molecule is C=CCC[C@H](OC(C)C=C)c1c(N([O-])I=O)cnn1C. The summed E-state index contributed by atoms with van der Waals surface area (Å²) in [5.74, 6) is 0. The van der Waals surface area contributed by atoms with E-state index in [1.165, 1.54) is 6.20 Å². The van der Waals surface area contributed by atoms with Crippen molar-refractivity contribution in [2.45, 2.75) is 32.0 Å². The minimum atomic E-state index is -1.82. The fourth-order valence-electron chi connectivity index (χ4n) is 1.83. The van der Waals surface area contributed by atoms with Gasteiger partial charge >= 0.3 is 0 Å². The molecular formula is C13H19IN3O3-. The van der Waals surface area contributed by atoms with Crippen molar-refractivity contribution < 1.29 is 7.81 Å². The molecule has 7 heteroatoms. The van der Waals surface area contributed by atoms with Gasteiger partial charge < -0.3 is 13.2 Å². The van der Waals surface area contributed by atoms with Crippen molar-refractivity contribution >= 4 is 27.2 Å². The molecule has 1 aromatic heterocycles. The number of allylic oxidation sites excluding steroid dienone is 1. The lowest BCUT2D eigenvalue weighted by molar-refractivity contribution is 0.0127. The van der Waals surface area contributed by atoms with Crippen LogP contribution in [0.1, 0.15) is 31.6 Å². The first-order valence-corrected chi connectivity index (χ1v) is 8.05. The highest BCUT2D eigenvalue weighted by Crippen LogP contribution is 2.34. The van der Waals surface area contributed by atoms with E-state index in [0.717, 1.165) is 6.42 Å². The maximum atomic E-state index is 11.7. The van der Waals surface area contributed by atoms with Gasteiger partial charge in [-0.2, -0.15) is 5.10 Å². The van der Waals surface area contributed by atoms with E-state index >= 15 is 0 Å². The molecule has 0 radical (unpaired) electrons. The molecule has 0 bridgehead atoms. The molecule has 1 heterocycles. The number of halogens is 1. The molecule has 0 amide bonds. The average Bonchev–Trinajstić information content (AvgIpc) is 2.84. The van der Waals surface area contributed by atoms with Crippen LogP contribution in [0.5, 0.6) is 0 Å². The van der Waals surface area contributed by atoms with Crippen molar-refractivity contribution in [2.75, 3.05) is 3.28 Å². The molecule has 0 aromatic carbocycles. The van der Waals surface area contributed by atoms with Crippen LogP contribution in [-0.2, 0) is 14.9 Å². The fraction of sp³-hybridized carbons (Fsp3) is 0.462. The lowest BCUT2D eigenvalue weighted by atomic mass is 10.1. The second kappa shape index (κ2) is 8.28. The molecule has 0 fully saturated rings. The second-order valence-electron chi connectivity index (χ2n) is 4.28. The summed E-state index contributed by atoms with van der Waals surface area (Å²) in [6.45, 7) is 9.26. The number of aromatic nitrogens is 2. The Bertz CT molecular complexity index is 475. The smallest absolute Gasteiger partial charge is 0.262 e. The third kappa shape index (κ3) is 4.22. The van der Waals surface area contributed by atoms with Gasteiger partial charge in [0.2, 0.25) is 0 Å². The van der Waals surface area contributed by atoms with E-state index in [2.05, 4.69) is 18.3 Å². The Kier molecular flexibility index (Phi) is 7.03. The van der Waals surface area contributed by atoms with Crippen molar-refractivity contribution in [3.8, 4) is 0 Å². The van der Waals surface area contributed by atoms with Gasteiger partial charge in [-0.25, -0.2) is 3.07 Å². The zero-order valence-corrected chi connectivity index (χ0v) is 13.8. The molecule has 0 saturated carbocycles. The van der Waals surface area contributed by atoms with Crippen LogP contribution in [0.4, 0.5) is 5.69 Å². The Morgan fingerprint density at radius 1 is 1.65 bits per heavy atom. The van der Waals surface area contributed by atoms with Crippen LogP contribution >= 0.6 is 21.5 Å². The zero-order valence-electron chi connectivity index (χ0n) is 11.7. The van der Waals surface area contributed by atoms with E-state index in [1.807, 2.05) is 6.92 Å². The molecule has 1 unspecified atom stereocenters. The minimum Gasteiger partial charge on any atom is -0.747 e. The third-order valence-electron chi connectivity index (χ3n) is 2.87. The van der Waals surface area contributed by atoms with Crippen LogP contribution in [0.15, 0.2) is 31.5 Å². The lowest BCUT2D eigenvalue weighted by Gasteiger charge is -2.26. The van der Waals surface area contributed by atoms with Gasteiger partial charge in [-0.3, -0.25) is 4.68 Å². The van der Waals surface area contributed by atoms with Crippen LogP contribution < -0.4 is 3.28 Å². The van der Waals surface area contributed by atoms with Crippen LogP contribution in [0, 0.1) is 5.21 Å². The first kappa shape index (κ1) is 17.0. The highest BCUT2D eigenvalue weighted by atomic mass is 127. The second-order valence-corrected chi connectivity index (χ2v) is 5.55. The van der Waals surface area contributed by atoms with Crippen molar-refractivity contribution in [3.05, 3.63) is 42.4 Å². The van der Waals surface area contributed by atoms with E-state index in [0.29, 0.717) is 21.1 Å². The number of hydrogen-bond acceptors (Lipinski definition) is 4. The van der Waals surface area contributed by atoms with Crippen molar-refractivity contribution in [3.63, 3.8) is 0 Å². The monoisotopic (exact) mass is 392 g/mol. The number of rotatable bonds is 9. The number of nitrogens with zero attached hydrogens (tertiary/aromatic N) is 3. The highest BCUT2D eigenvalue weighted by Gasteiger charge is 2.22. The summed E-state index contributed by atoms with van der Waals surface area (Å²) in [4.78, 5) is 0. The van der Waals surface area contributed by atoms with Gasteiger partial charge in [-0.15, -0.1) is 13.2 Å². The molecular weight excluding hydrogens is 373 g/mol. The maximum Gasteiger partial charge on any atom is 0.262 e. The van der Waals surface area contributed by atoms with Crippen LogP contribution in [0.25, 0.3) is 0 Å². The zero-order chi connectivity index (χ0) is 15.1. The van der Waals surface area contributed by atoms with Crippen LogP contribution in [0.2, 0.25) is 0 Å². The van der Waals surface area contributed by atoms with Crippen molar-refractivity contribution in [1.82, 2.24) is 9.78 Å². The van der Waals surface area contributed by atoms with Gasteiger partial charge in [-0.05, 0) is 19.8 Å². The largest absolute Gasteiger partial charge is 0.747 e. The summed E-state index contributed by atoms with van der Waals surface area (Å²) >= 11 is -1.82. The molecule has 0 aliphatic carbocycles. The van der Waals surface area contributed by atoms with Crippen molar-refractivity contribution in [2.24, 2.45) is 7.05 Å².